The largest absolute Gasteiger partial charge is 0.493 e. The maximum absolute atomic E-state index is 10.8. The first-order chi connectivity index (χ1) is 10.1. The summed E-state index contributed by atoms with van der Waals surface area (Å²) >= 11 is 0. The van der Waals surface area contributed by atoms with Crippen LogP contribution in [0.15, 0.2) is 36.5 Å². The van der Waals surface area contributed by atoms with Gasteiger partial charge in [0.15, 0.2) is 11.5 Å². The molecule has 0 aliphatic rings. The van der Waals surface area contributed by atoms with Crippen molar-refractivity contribution >= 4 is 5.69 Å². The summed E-state index contributed by atoms with van der Waals surface area (Å²) in [4.78, 5) is 14.5. The average molecular weight is 289 g/mol. The highest BCUT2D eigenvalue weighted by Crippen LogP contribution is 2.34. The van der Waals surface area contributed by atoms with E-state index in [2.05, 4.69) is 10.3 Å². The van der Waals surface area contributed by atoms with Gasteiger partial charge in [-0.05, 0) is 18.7 Å². The van der Waals surface area contributed by atoms with Gasteiger partial charge in [0.25, 0.3) is 5.69 Å². The number of pyridine rings is 1. The van der Waals surface area contributed by atoms with E-state index in [1.807, 2.05) is 13.1 Å². The SMILES string of the molecule is CNCc1ccc(Oc2cc([N+](=O)[O-])ccc2OC)nc1. The first kappa shape index (κ1) is 14.7. The lowest BCUT2D eigenvalue weighted by atomic mass is 10.2. The van der Waals surface area contributed by atoms with Crippen molar-refractivity contribution in [2.45, 2.75) is 6.54 Å². The number of hydrogen-bond donors (Lipinski definition) is 1. The first-order valence-corrected chi connectivity index (χ1v) is 6.24. The van der Waals surface area contributed by atoms with E-state index < -0.39 is 4.92 Å². The second kappa shape index (κ2) is 6.67. The lowest BCUT2D eigenvalue weighted by Gasteiger charge is -2.09. The van der Waals surface area contributed by atoms with Gasteiger partial charge in [-0.15, -0.1) is 0 Å². The third kappa shape index (κ3) is 3.67. The molecule has 2 rings (SSSR count). The van der Waals surface area contributed by atoms with E-state index in [1.165, 1.54) is 25.3 Å². The topological polar surface area (TPSA) is 86.5 Å². The molecule has 7 nitrogen and oxygen atoms in total. The summed E-state index contributed by atoms with van der Waals surface area (Å²) in [5, 5.41) is 13.8. The van der Waals surface area contributed by atoms with Gasteiger partial charge in [0, 0.05) is 24.9 Å². The second-order valence-electron chi connectivity index (χ2n) is 4.23. The van der Waals surface area contributed by atoms with E-state index in [0.29, 0.717) is 18.2 Å². The van der Waals surface area contributed by atoms with Gasteiger partial charge in [0.1, 0.15) is 0 Å². The number of methoxy groups -OCH3 is 1. The molecule has 1 heterocycles. The van der Waals surface area contributed by atoms with E-state index in [1.54, 1.807) is 12.3 Å². The van der Waals surface area contributed by atoms with Gasteiger partial charge in [0.05, 0.1) is 18.1 Å². The quantitative estimate of drug-likeness (QED) is 0.649. The lowest BCUT2D eigenvalue weighted by molar-refractivity contribution is -0.384. The molecule has 0 radical (unpaired) electrons. The highest BCUT2D eigenvalue weighted by atomic mass is 16.6. The monoisotopic (exact) mass is 289 g/mol. The van der Waals surface area contributed by atoms with Crippen molar-refractivity contribution in [3.63, 3.8) is 0 Å². The lowest BCUT2D eigenvalue weighted by Crippen LogP contribution is -2.05. The van der Waals surface area contributed by atoms with Crippen molar-refractivity contribution in [1.82, 2.24) is 10.3 Å². The minimum absolute atomic E-state index is 0.0717. The zero-order valence-electron chi connectivity index (χ0n) is 11.7. The molecule has 0 atom stereocenters. The summed E-state index contributed by atoms with van der Waals surface area (Å²) in [7, 11) is 3.32. The third-order valence-corrected chi connectivity index (χ3v) is 2.75. The van der Waals surface area contributed by atoms with Crippen LogP contribution in [-0.4, -0.2) is 24.1 Å². The Hall–Kier alpha value is -2.67. The number of hydrogen-bond acceptors (Lipinski definition) is 6. The van der Waals surface area contributed by atoms with Gasteiger partial charge in [-0.2, -0.15) is 0 Å². The van der Waals surface area contributed by atoms with Crippen LogP contribution in [0.25, 0.3) is 0 Å². The van der Waals surface area contributed by atoms with Crippen molar-refractivity contribution in [2.75, 3.05) is 14.2 Å². The average Bonchev–Trinajstić information content (AvgIpc) is 2.49. The summed E-state index contributed by atoms with van der Waals surface area (Å²) in [6.07, 6.45) is 1.68. The molecule has 0 fully saturated rings. The number of rotatable bonds is 6. The Bertz CT molecular complexity index is 629. The second-order valence-corrected chi connectivity index (χ2v) is 4.23. The van der Waals surface area contributed by atoms with Crippen LogP contribution in [0.5, 0.6) is 17.4 Å². The smallest absolute Gasteiger partial charge is 0.273 e. The molecule has 0 saturated carbocycles. The Kier molecular flexibility index (Phi) is 4.68. The van der Waals surface area contributed by atoms with Crippen molar-refractivity contribution in [3.8, 4) is 17.4 Å². The fourth-order valence-corrected chi connectivity index (χ4v) is 1.75. The molecule has 0 bridgehead atoms. The van der Waals surface area contributed by atoms with E-state index >= 15 is 0 Å². The van der Waals surface area contributed by atoms with Crippen LogP contribution in [0.1, 0.15) is 5.56 Å². The Morgan fingerprint density at radius 2 is 2.10 bits per heavy atom. The fraction of sp³-hybridized carbons (Fsp3) is 0.214. The van der Waals surface area contributed by atoms with Gasteiger partial charge in [-0.25, -0.2) is 4.98 Å². The standard InChI is InChI=1S/C14H15N3O4/c1-15-8-10-3-6-14(16-9-10)21-13-7-11(17(18)19)4-5-12(13)20-2/h3-7,9,15H,8H2,1-2H3. The summed E-state index contributed by atoms with van der Waals surface area (Å²) in [5.41, 5.74) is 0.938. The molecular formula is C14H15N3O4. The number of nitro groups is 1. The third-order valence-electron chi connectivity index (χ3n) is 2.75. The molecule has 0 amide bonds. The van der Waals surface area contributed by atoms with E-state index in [0.717, 1.165) is 5.56 Å². The van der Waals surface area contributed by atoms with Crippen LogP contribution in [0, 0.1) is 10.1 Å². The predicted octanol–water partition coefficient (Wildman–Crippen LogP) is 2.51. The molecular weight excluding hydrogens is 274 g/mol. The molecule has 0 aliphatic carbocycles. The molecule has 110 valence electrons. The van der Waals surface area contributed by atoms with Crippen LogP contribution in [0.3, 0.4) is 0 Å². The minimum atomic E-state index is -0.490. The van der Waals surface area contributed by atoms with Crippen LogP contribution in [0.2, 0.25) is 0 Å². The summed E-state index contributed by atoms with van der Waals surface area (Å²) in [6.45, 7) is 0.702. The van der Waals surface area contributed by atoms with Gasteiger partial charge in [-0.1, -0.05) is 6.07 Å². The molecule has 0 saturated heterocycles. The van der Waals surface area contributed by atoms with Crippen LogP contribution in [-0.2, 0) is 6.54 Å². The van der Waals surface area contributed by atoms with Gasteiger partial charge in [-0.3, -0.25) is 10.1 Å². The number of nitrogens with zero attached hydrogens (tertiary/aromatic N) is 2. The maximum atomic E-state index is 10.8. The van der Waals surface area contributed by atoms with Gasteiger partial charge >= 0.3 is 0 Å². The highest BCUT2D eigenvalue weighted by Gasteiger charge is 2.13. The number of aromatic nitrogens is 1. The number of nitro benzene ring substituents is 1. The number of ether oxygens (including phenoxy) is 2. The zero-order valence-corrected chi connectivity index (χ0v) is 11.7. The molecule has 0 unspecified atom stereocenters. The van der Waals surface area contributed by atoms with Crippen molar-refractivity contribution in [1.29, 1.82) is 0 Å². The molecule has 2 aromatic rings. The Morgan fingerprint density at radius 1 is 1.29 bits per heavy atom. The molecule has 1 aromatic heterocycles. The molecule has 1 N–H and O–H groups in total. The molecule has 0 aliphatic heterocycles. The highest BCUT2D eigenvalue weighted by molar-refractivity contribution is 5.49. The molecule has 7 heteroatoms. The fourth-order valence-electron chi connectivity index (χ4n) is 1.75. The van der Waals surface area contributed by atoms with Crippen molar-refractivity contribution in [2.24, 2.45) is 0 Å². The molecule has 0 spiro atoms. The Labute approximate surface area is 121 Å². The minimum Gasteiger partial charge on any atom is -0.493 e. The van der Waals surface area contributed by atoms with Crippen LogP contribution >= 0.6 is 0 Å². The van der Waals surface area contributed by atoms with Gasteiger partial charge < -0.3 is 14.8 Å². The van der Waals surface area contributed by atoms with Gasteiger partial charge in [0.2, 0.25) is 5.88 Å². The van der Waals surface area contributed by atoms with Crippen molar-refractivity contribution < 1.29 is 14.4 Å². The van der Waals surface area contributed by atoms with Crippen molar-refractivity contribution in [3.05, 3.63) is 52.2 Å². The molecule has 1 aromatic carbocycles. The molecule has 21 heavy (non-hydrogen) atoms. The summed E-state index contributed by atoms with van der Waals surface area (Å²) < 4.78 is 10.7. The number of nitrogens with one attached hydrogen (secondary N) is 1. The Balaban J connectivity index is 2.24. The number of non-ortho nitro benzene ring substituents is 1. The van der Waals surface area contributed by atoms with E-state index in [-0.39, 0.29) is 11.4 Å². The maximum Gasteiger partial charge on any atom is 0.273 e. The zero-order chi connectivity index (χ0) is 15.2. The van der Waals surface area contributed by atoms with E-state index in [4.69, 9.17) is 9.47 Å². The Morgan fingerprint density at radius 3 is 2.67 bits per heavy atom. The summed E-state index contributed by atoms with van der Waals surface area (Å²) in [5.74, 6) is 0.996. The number of benzene rings is 1. The first-order valence-electron chi connectivity index (χ1n) is 6.24. The van der Waals surface area contributed by atoms with Crippen LogP contribution in [0.4, 0.5) is 5.69 Å². The van der Waals surface area contributed by atoms with E-state index in [9.17, 15) is 10.1 Å². The predicted molar refractivity (Wildman–Crippen MR) is 76.7 cm³/mol. The normalized spacial score (nSPS) is 10.2. The summed E-state index contributed by atoms with van der Waals surface area (Å²) in [6, 6.07) is 7.72. The van der Waals surface area contributed by atoms with Crippen LogP contribution < -0.4 is 14.8 Å².